The molecule has 2 rings (SSSR count). The molecule has 1 aromatic rings. The van der Waals surface area contributed by atoms with Crippen LogP contribution in [0.5, 0.6) is 0 Å². The van der Waals surface area contributed by atoms with E-state index in [0.717, 1.165) is 6.54 Å². The van der Waals surface area contributed by atoms with Gasteiger partial charge in [0, 0.05) is 19.1 Å². The number of likely N-dealkylation sites (tertiary alicyclic amines) is 1. The molecule has 0 bridgehead atoms. The lowest BCUT2D eigenvalue weighted by molar-refractivity contribution is 0.188. The third-order valence-electron chi connectivity index (χ3n) is 3.40. The molecule has 17 heavy (non-hydrogen) atoms. The molecule has 1 N–H and O–H groups in total. The summed E-state index contributed by atoms with van der Waals surface area (Å²) in [7, 11) is 2.07. The number of aryl methyl sites for hydroxylation is 1. The van der Waals surface area contributed by atoms with Crippen LogP contribution in [0.25, 0.3) is 0 Å². The molecule has 1 heterocycles. The van der Waals surface area contributed by atoms with Crippen LogP contribution in [0.3, 0.4) is 0 Å². The molecule has 1 aromatic carbocycles. The molecule has 2 nitrogen and oxygen atoms in total. The van der Waals surface area contributed by atoms with E-state index in [1.807, 2.05) is 0 Å². The number of hydrogen-bond donors (Lipinski definition) is 1. The summed E-state index contributed by atoms with van der Waals surface area (Å²) in [4.78, 5) is 2.55. The van der Waals surface area contributed by atoms with Gasteiger partial charge in [0.15, 0.2) is 0 Å². The van der Waals surface area contributed by atoms with E-state index in [1.165, 1.54) is 37.1 Å². The Bertz CT molecular complexity index is 341. The molecule has 0 aliphatic carbocycles. The number of nitrogens with one attached hydrogen (secondary N) is 1. The van der Waals surface area contributed by atoms with Crippen LogP contribution in [0.2, 0.25) is 0 Å². The van der Waals surface area contributed by atoms with E-state index in [-0.39, 0.29) is 12.4 Å². The molecule has 0 amide bonds. The van der Waals surface area contributed by atoms with Gasteiger partial charge in [-0.2, -0.15) is 0 Å². The molecule has 0 radical (unpaired) electrons. The fourth-order valence-electron chi connectivity index (χ4n) is 2.50. The van der Waals surface area contributed by atoms with Crippen LogP contribution < -0.4 is 5.32 Å². The number of nitrogens with zero attached hydrogens (tertiary/aromatic N) is 1. The SMILES string of the molecule is CNC1CCCN(Cc2cccc(C)c2)C1.Cl. The van der Waals surface area contributed by atoms with Crippen LogP contribution in [0.4, 0.5) is 0 Å². The summed E-state index contributed by atoms with van der Waals surface area (Å²) in [6.45, 7) is 5.69. The van der Waals surface area contributed by atoms with Crippen molar-refractivity contribution in [2.24, 2.45) is 0 Å². The second kappa shape index (κ2) is 7.00. The van der Waals surface area contributed by atoms with Gasteiger partial charge in [-0.3, -0.25) is 4.90 Å². The van der Waals surface area contributed by atoms with Gasteiger partial charge in [0.2, 0.25) is 0 Å². The molecule has 1 unspecified atom stereocenters. The van der Waals surface area contributed by atoms with E-state index >= 15 is 0 Å². The van der Waals surface area contributed by atoms with Crippen molar-refractivity contribution in [3.8, 4) is 0 Å². The highest BCUT2D eigenvalue weighted by Crippen LogP contribution is 2.14. The molecule has 1 atom stereocenters. The van der Waals surface area contributed by atoms with Crippen LogP contribution in [0.15, 0.2) is 24.3 Å². The van der Waals surface area contributed by atoms with Gasteiger partial charge < -0.3 is 5.32 Å². The van der Waals surface area contributed by atoms with Crippen molar-refractivity contribution in [3.63, 3.8) is 0 Å². The van der Waals surface area contributed by atoms with Gasteiger partial charge in [-0.1, -0.05) is 29.8 Å². The lowest BCUT2D eigenvalue weighted by Gasteiger charge is -2.32. The molecule has 0 spiro atoms. The molecular formula is C14H23ClN2. The second-order valence-corrected chi connectivity index (χ2v) is 4.85. The fourth-order valence-corrected chi connectivity index (χ4v) is 2.50. The first-order valence-corrected chi connectivity index (χ1v) is 6.23. The van der Waals surface area contributed by atoms with Crippen molar-refractivity contribution < 1.29 is 0 Å². The Hall–Kier alpha value is -0.570. The number of benzene rings is 1. The highest BCUT2D eigenvalue weighted by molar-refractivity contribution is 5.85. The molecule has 96 valence electrons. The van der Waals surface area contributed by atoms with E-state index in [9.17, 15) is 0 Å². The highest BCUT2D eigenvalue weighted by atomic mass is 35.5. The first-order valence-electron chi connectivity index (χ1n) is 6.23. The Kier molecular flexibility index (Phi) is 5.96. The lowest BCUT2D eigenvalue weighted by atomic mass is 10.0. The minimum atomic E-state index is 0. The zero-order valence-electron chi connectivity index (χ0n) is 10.8. The minimum absolute atomic E-state index is 0. The van der Waals surface area contributed by atoms with E-state index in [1.54, 1.807) is 0 Å². The van der Waals surface area contributed by atoms with Crippen molar-refractivity contribution in [2.75, 3.05) is 20.1 Å². The third-order valence-corrected chi connectivity index (χ3v) is 3.40. The van der Waals surface area contributed by atoms with Crippen LogP contribution >= 0.6 is 12.4 Å². The normalized spacial score (nSPS) is 20.9. The van der Waals surface area contributed by atoms with Gasteiger partial charge in [-0.05, 0) is 38.9 Å². The summed E-state index contributed by atoms with van der Waals surface area (Å²) in [6.07, 6.45) is 2.64. The maximum Gasteiger partial charge on any atom is 0.0234 e. The van der Waals surface area contributed by atoms with Crippen LogP contribution in [0, 0.1) is 6.92 Å². The van der Waals surface area contributed by atoms with Gasteiger partial charge in [-0.25, -0.2) is 0 Å². The molecule has 1 aliphatic rings. The van der Waals surface area contributed by atoms with Gasteiger partial charge in [0.25, 0.3) is 0 Å². The molecule has 1 saturated heterocycles. The Labute approximate surface area is 111 Å². The average molecular weight is 255 g/mol. The maximum atomic E-state index is 3.39. The van der Waals surface area contributed by atoms with Crippen LogP contribution in [-0.2, 0) is 6.54 Å². The predicted molar refractivity (Wildman–Crippen MR) is 75.8 cm³/mol. The average Bonchev–Trinajstić information content (AvgIpc) is 2.29. The van der Waals surface area contributed by atoms with Gasteiger partial charge in [0.1, 0.15) is 0 Å². The molecule has 1 fully saturated rings. The number of halogens is 1. The number of rotatable bonds is 3. The zero-order valence-corrected chi connectivity index (χ0v) is 11.6. The van der Waals surface area contributed by atoms with E-state index in [0.29, 0.717) is 6.04 Å². The first kappa shape index (κ1) is 14.5. The zero-order chi connectivity index (χ0) is 11.4. The summed E-state index contributed by atoms with van der Waals surface area (Å²) in [5, 5.41) is 3.39. The summed E-state index contributed by atoms with van der Waals surface area (Å²) in [5.74, 6) is 0. The quantitative estimate of drug-likeness (QED) is 0.892. The third kappa shape index (κ3) is 4.30. The topological polar surface area (TPSA) is 15.3 Å². The standard InChI is InChI=1S/C14H22N2.ClH/c1-12-5-3-6-13(9-12)10-16-8-4-7-14(11-16)15-2;/h3,5-6,9,14-15H,4,7-8,10-11H2,1-2H3;1H. The maximum absolute atomic E-state index is 3.39. The van der Waals surface area contributed by atoms with Gasteiger partial charge in [0.05, 0.1) is 0 Å². The van der Waals surface area contributed by atoms with Gasteiger partial charge in [-0.15, -0.1) is 12.4 Å². The Morgan fingerprint density at radius 3 is 2.94 bits per heavy atom. The molecule has 0 aromatic heterocycles. The van der Waals surface area contributed by atoms with Crippen molar-refractivity contribution in [1.82, 2.24) is 10.2 Å². The van der Waals surface area contributed by atoms with Crippen molar-refractivity contribution >= 4 is 12.4 Å². The Morgan fingerprint density at radius 1 is 1.41 bits per heavy atom. The van der Waals surface area contributed by atoms with Crippen molar-refractivity contribution in [1.29, 1.82) is 0 Å². The number of hydrogen-bond acceptors (Lipinski definition) is 2. The minimum Gasteiger partial charge on any atom is -0.316 e. The lowest BCUT2D eigenvalue weighted by Crippen LogP contribution is -2.43. The molecule has 0 saturated carbocycles. The monoisotopic (exact) mass is 254 g/mol. The summed E-state index contributed by atoms with van der Waals surface area (Å²) in [5.41, 5.74) is 2.80. The fraction of sp³-hybridized carbons (Fsp3) is 0.571. The Balaban J connectivity index is 0.00000144. The van der Waals surface area contributed by atoms with Crippen LogP contribution in [-0.4, -0.2) is 31.1 Å². The van der Waals surface area contributed by atoms with Crippen molar-refractivity contribution in [2.45, 2.75) is 32.4 Å². The molecule has 1 aliphatic heterocycles. The van der Waals surface area contributed by atoms with E-state index in [4.69, 9.17) is 0 Å². The highest BCUT2D eigenvalue weighted by Gasteiger charge is 2.17. The molecule has 3 heteroatoms. The van der Waals surface area contributed by atoms with Crippen LogP contribution in [0.1, 0.15) is 24.0 Å². The second-order valence-electron chi connectivity index (χ2n) is 4.85. The first-order chi connectivity index (χ1) is 7.78. The van der Waals surface area contributed by atoms with E-state index in [2.05, 4.69) is 48.5 Å². The summed E-state index contributed by atoms with van der Waals surface area (Å²) >= 11 is 0. The Morgan fingerprint density at radius 2 is 2.24 bits per heavy atom. The smallest absolute Gasteiger partial charge is 0.0234 e. The number of piperidine rings is 1. The number of likely N-dealkylation sites (N-methyl/N-ethyl adjacent to an activating group) is 1. The van der Waals surface area contributed by atoms with E-state index < -0.39 is 0 Å². The van der Waals surface area contributed by atoms with Crippen molar-refractivity contribution in [3.05, 3.63) is 35.4 Å². The summed E-state index contributed by atoms with van der Waals surface area (Å²) in [6, 6.07) is 9.53. The summed E-state index contributed by atoms with van der Waals surface area (Å²) < 4.78 is 0. The predicted octanol–water partition coefficient (Wildman–Crippen LogP) is 2.60. The van der Waals surface area contributed by atoms with Gasteiger partial charge >= 0.3 is 0 Å². The molecular weight excluding hydrogens is 232 g/mol. The largest absolute Gasteiger partial charge is 0.316 e.